The molecular weight excluding hydrogens is 385 g/mol. The molecule has 146 valence electrons. The third kappa shape index (κ3) is 4.67. The zero-order valence-electron chi connectivity index (χ0n) is 15.2. The molecule has 0 saturated carbocycles. The third-order valence-corrected chi connectivity index (χ3v) is 4.69. The minimum absolute atomic E-state index is 0.0706. The predicted octanol–water partition coefficient (Wildman–Crippen LogP) is 2.93. The first kappa shape index (κ1) is 19.8. The first-order chi connectivity index (χ1) is 13.3. The zero-order chi connectivity index (χ0) is 20.3. The van der Waals surface area contributed by atoms with Crippen molar-refractivity contribution in [3.63, 3.8) is 0 Å². The predicted molar refractivity (Wildman–Crippen MR) is 105 cm³/mol. The Hall–Kier alpha value is -2.93. The molecule has 1 heterocycles. The molecular formula is C20H19ClFN3O3. The lowest BCUT2D eigenvalue weighted by atomic mass is 10.1. The minimum atomic E-state index is -0.543. The number of likely N-dealkylation sites (N-methyl/N-ethyl adjacent to an activating group) is 1. The van der Waals surface area contributed by atoms with Crippen LogP contribution in [0, 0.1) is 11.7 Å². The van der Waals surface area contributed by atoms with Gasteiger partial charge >= 0.3 is 0 Å². The molecule has 0 radical (unpaired) electrons. The SMILES string of the molecule is CN(CC(=O)Nc1cccc(F)c1)C(=O)C1CC(=O)N(c2cccc(Cl)c2)C1. The number of anilines is 2. The molecule has 1 saturated heterocycles. The zero-order valence-corrected chi connectivity index (χ0v) is 15.9. The van der Waals surface area contributed by atoms with E-state index in [1.165, 1.54) is 35.0 Å². The Bertz CT molecular complexity index is 921. The van der Waals surface area contributed by atoms with Crippen LogP contribution >= 0.6 is 11.6 Å². The van der Waals surface area contributed by atoms with Crippen LogP contribution in [0.3, 0.4) is 0 Å². The summed E-state index contributed by atoms with van der Waals surface area (Å²) in [6.07, 6.45) is 0.0706. The van der Waals surface area contributed by atoms with Gasteiger partial charge in [-0.1, -0.05) is 23.7 Å². The molecule has 0 spiro atoms. The van der Waals surface area contributed by atoms with Gasteiger partial charge in [-0.3, -0.25) is 14.4 Å². The molecule has 28 heavy (non-hydrogen) atoms. The van der Waals surface area contributed by atoms with E-state index in [1.807, 2.05) is 0 Å². The van der Waals surface area contributed by atoms with Gasteiger partial charge < -0.3 is 15.1 Å². The maximum absolute atomic E-state index is 13.2. The lowest BCUT2D eigenvalue weighted by Gasteiger charge is -2.21. The van der Waals surface area contributed by atoms with Crippen LogP contribution < -0.4 is 10.2 Å². The van der Waals surface area contributed by atoms with E-state index in [9.17, 15) is 18.8 Å². The molecule has 2 aromatic carbocycles. The van der Waals surface area contributed by atoms with Gasteiger partial charge in [0.15, 0.2) is 0 Å². The highest BCUT2D eigenvalue weighted by atomic mass is 35.5. The van der Waals surface area contributed by atoms with Crippen molar-refractivity contribution >= 4 is 40.7 Å². The molecule has 3 amide bonds. The van der Waals surface area contributed by atoms with Gasteiger partial charge in [0, 0.05) is 36.4 Å². The van der Waals surface area contributed by atoms with Crippen LogP contribution in [0.25, 0.3) is 0 Å². The average Bonchev–Trinajstić information content (AvgIpc) is 3.02. The fourth-order valence-electron chi connectivity index (χ4n) is 3.14. The van der Waals surface area contributed by atoms with Crippen molar-refractivity contribution in [2.24, 2.45) is 5.92 Å². The van der Waals surface area contributed by atoms with Crippen molar-refractivity contribution in [1.82, 2.24) is 4.90 Å². The Morgan fingerprint density at radius 2 is 2.00 bits per heavy atom. The maximum Gasteiger partial charge on any atom is 0.243 e. The second-order valence-corrected chi connectivity index (χ2v) is 7.07. The Kier molecular flexibility index (Phi) is 5.94. The standard InChI is InChI=1S/C20H19ClFN3O3/c1-24(12-18(26)23-16-6-3-5-15(22)10-16)20(28)13-8-19(27)25(11-13)17-7-2-4-14(21)9-17/h2-7,9-10,13H,8,11-12H2,1H3,(H,23,26). The quantitative estimate of drug-likeness (QED) is 0.834. The van der Waals surface area contributed by atoms with Crippen molar-refractivity contribution < 1.29 is 18.8 Å². The van der Waals surface area contributed by atoms with E-state index in [-0.39, 0.29) is 31.3 Å². The Balaban J connectivity index is 1.59. The molecule has 8 heteroatoms. The number of amides is 3. The minimum Gasteiger partial charge on any atom is -0.336 e. The summed E-state index contributed by atoms with van der Waals surface area (Å²) in [6, 6.07) is 12.4. The summed E-state index contributed by atoms with van der Waals surface area (Å²) in [7, 11) is 1.50. The largest absolute Gasteiger partial charge is 0.336 e. The summed E-state index contributed by atoms with van der Waals surface area (Å²) in [5, 5.41) is 3.05. The van der Waals surface area contributed by atoms with E-state index in [1.54, 1.807) is 30.3 Å². The van der Waals surface area contributed by atoms with Gasteiger partial charge in [0.05, 0.1) is 12.5 Å². The van der Waals surface area contributed by atoms with Crippen LogP contribution in [-0.2, 0) is 14.4 Å². The molecule has 2 aromatic rings. The van der Waals surface area contributed by atoms with Gasteiger partial charge in [-0.15, -0.1) is 0 Å². The smallest absolute Gasteiger partial charge is 0.243 e. The van der Waals surface area contributed by atoms with Crippen LogP contribution in [0.2, 0.25) is 5.02 Å². The summed E-state index contributed by atoms with van der Waals surface area (Å²) in [5.41, 5.74) is 0.952. The summed E-state index contributed by atoms with van der Waals surface area (Å²) >= 11 is 5.97. The lowest BCUT2D eigenvalue weighted by molar-refractivity contribution is -0.137. The van der Waals surface area contributed by atoms with Gasteiger partial charge in [-0.25, -0.2) is 4.39 Å². The summed E-state index contributed by atoms with van der Waals surface area (Å²) < 4.78 is 13.2. The van der Waals surface area contributed by atoms with Gasteiger partial charge in [0.1, 0.15) is 5.82 Å². The van der Waals surface area contributed by atoms with Gasteiger partial charge in [-0.05, 0) is 36.4 Å². The molecule has 1 N–H and O–H groups in total. The van der Waals surface area contributed by atoms with Crippen molar-refractivity contribution in [3.8, 4) is 0 Å². The van der Waals surface area contributed by atoms with Crippen LogP contribution in [0.5, 0.6) is 0 Å². The molecule has 1 fully saturated rings. The highest BCUT2D eigenvalue weighted by Gasteiger charge is 2.36. The third-order valence-electron chi connectivity index (χ3n) is 4.46. The van der Waals surface area contributed by atoms with Crippen molar-refractivity contribution in [2.45, 2.75) is 6.42 Å². The Morgan fingerprint density at radius 1 is 1.25 bits per heavy atom. The molecule has 3 rings (SSSR count). The first-order valence-electron chi connectivity index (χ1n) is 8.70. The van der Waals surface area contributed by atoms with E-state index in [0.717, 1.165) is 0 Å². The topological polar surface area (TPSA) is 69.7 Å². The number of carbonyl (C=O) groups excluding carboxylic acids is 3. The van der Waals surface area contributed by atoms with E-state index in [2.05, 4.69) is 5.32 Å². The van der Waals surface area contributed by atoms with E-state index in [4.69, 9.17) is 11.6 Å². The molecule has 0 aliphatic carbocycles. The normalized spacial score (nSPS) is 16.2. The number of benzene rings is 2. The second-order valence-electron chi connectivity index (χ2n) is 6.64. The molecule has 0 bridgehead atoms. The van der Waals surface area contributed by atoms with Crippen LogP contribution in [0.1, 0.15) is 6.42 Å². The van der Waals surface area contributed by atoms with Crippen LogP contribution in [0.4, 0.5) is 15.8 Å². The molecule has 6 nitrogen and oxygen atoms in total. The van der Waals surface area contributed by atoms with Gasteiger partial charge in [0.25, 0.3) is 0 Å². The molecule has 1 unspecified atom stereocenters. The fourth-order valence-corrected chi connectivity index (χ4v) is 3.32. The maximum atomic E-state index is 13.2. The first-order valence-corrected chi connectivity index (χ1v) is 9.07. The summed E-state index contributed by atoms with van der Waals surface area (Å²) in [4.78, 5) is 39.9. The lowest BCUT2D eigenvalue weighted by Crippen LogP contribution is -2.39. The number of nitrogens with one attached hydrogen (secondary N) is 1. The summed E-state index contributed by atoms with van der Waals surface area (Å²) in [5.74, 6) is -1.92. The number of hydrogen-bond donors (Lipinski definition) is 1. The second kappa shape index (κ2) is 8.39. The number of halogens is 2. The average molecular weight is 404 g/mol. The summed E-state index contributed by atoms with van der Waals surface area (Å²) in [6.45, 7) is 0.0328. The van der Waals surface area contributed by atoms with Crippen LogP contribution in [-0.4, -0.2) is 42.8 Å². The monoisotopic (exact) mass is 403 g/mol. The number of hydrogen-bond acceptors (Lipinski definition) is 3. The van der Waals surface area contributed by atoms with Crippen molar-refractivity contribution in [2.75, 3.05) is 30.4 Å². The highest BCUT2D eigenvalue weighted by Crippen LogP contribution is 2.28. The van der Waals surface area contributed by atoms with Gasteiger partial charge in [-0.2, -0.15) is 0 Å². The van der Waals surface area contributed by atoms with Crippen molar-refractivity contribution in [1.29, 1.82) is 0 Å². The Labute approximate surface area is 166 Å². The van der Waals surface area contributed by atoms with Gasteiger partial charge in [0.2, 0.25) is 17.7 Å². The fraction of sp³-hybridized carbons (Fsp3) is 0.250. The van der Waals surface area contributed by atoms with Crippen LogP contribution in [0.15, 0.2) is 48.5 Å². The highest BCUT2D eigenvalue weighted by molar-refractivity contribution is 6.31. The molecule has 0 aromatic heterocycles. The number of carbonyl (C=O) groups is 3. The van der Waals surface area contributed by atoms with E-state index in [0.29, 0.717) is 16.4 Å². The Morgan fingerprint density at radius 3 is 2.71 bits per heavy atom. The number of nitrogens with zero attached hydrogens (tertiary/aromatic N) is 2. The van der Waals surface area contributed by atoms with Crippen molar-refractivity contribution in [3.05, 3.63) is 59.4 Å². The van der Waals surface area contributed by atoms with E-state index >= 15 is 0 Å². The molecule has 1 aliphatic heterocycles. The van der Waals surface area contributed by atoms with E-state index < -0.39 is 17.6 Å². The number of rotatable bonds is 5. The molecule has 1 aliphatic rings. The molecule has 1 atom stereocenters.